The van der Waals surface area contributed by atoms with E-state index in [1.165, 1.54) is 0 Å². The third-order valence-electron chi connectivity index (χ3n) is 2.14. The van der Waals surface area contributed by atoms with Crippen LogP contribution in [0.2, 0.25) is 5.02 Å². The maximum atomic E-state index is 11.7. The molecule has 86 valence electrons. The largest absolute Gasteiger partial charge is 0.456 e. The van der Waals surface area contributed by atoms with Crippen molar-refractivity contribution < 1.29 is 9.53 Å². The molecule has 2 rings (SSSR count). The summed E-state index contributed by atoms with van der Waals surface area (Å²) in [4.78, 5) is 15.7. The van der Waals surface area contributed by atoms with Crippen LogP contribution >= 0.6 is 11.6 Å². The van der Waals surface area contributed by atoms with Crippen LogP contribution in [-0.2, 0) is 11.3 Å². The first-order valence-corrected chi connectivity index (χ1v) is 5.46. The van der Waals surface area contributed by atoms with Crippen LogP contribution in [0.15, 0.2) is 48.7 Å². The van der Waals surface area contributed by atoms with Crippen molar-refractivity contribution in [1.82, 2.24) is 4.98 Å². The van der Waals surface area contributed by atoms with Crippen LogP contribution in [0.3, 0.4) is 0 Å². The molecule has 0 aliphatic carbocycles. The van der Waals surface area contributed by atoms with E-state index < -0.39 is 5.97 Å². The number of hydrogen-bond donors (Lipinski definition) is 0. The molecule has 0 unspecified atom stereocenters. The SMILES string of the molecule is O=C(OCc1ccccn1)c1cccc(Cl)c1. The maximum Gasteiger partial charge on any atom is 0.338 e. The number of carbonyl (C=O) groups excluding carboxylic acids is 1. The van der Waals surface area contributed by atoms with Crippen molar-refractivity contribution >= 4 is 17.6 Å². The Morgan fingerprint density at radius 2 is 2.12 bits per heavy atom. The molecular weight excluding hydrogens is 238 g/mol. The highest BCUT2D eigenvalue weighted by molar-refractivity contribution is 6.30. The van der Waals surface area contributed by atoms with E-state index in [0.29, 0.717) is 16.3 Å². The minimum absolute atomic E-state index is 0.159. The lowest BCUT2D eigenvalue weighted by Crippen LogP contribution is -2.05. The minimum Gasteiger partial charge on any atom is -0.456 e. The van der Waals surface area contributed by atoms with Crippen molar-refractivity contribution in [3.05, 3.63) is 64.9 Å². The summed E-state index contributed by atoms with van der Waals surface area (Å²) in [6, 6.07) is 12.1. The average Bonchev–Trinajstić information content (AvgIpc) is 2.37. The summed E-state index contributed by atoms with van der Waals surface area (Å²) in [5, 5.41) is 0.511. The van der Waals surface area contributed by atoms with Gasteiger partial charge in [0.05, 0.1) is 11.3 Å². The lowest BCUT2D eigenvalue weighted by Gasteiger charge is -2.04. The monoisotopic (exact) mass is 247 g/mol. The van der Waals surface area contributed by atoms with Gasteiger partial charge in [0, 0.05) is 11.2 Å². The van der Waals surface area contributed by atoms with Gasteiger partial charge in [0.25, 0.3) is 0 Å². The van der Waals surface area contributed by atoms with Gasteiger partial charge in [-0.3, -0.25) is 4.98 Å². The maximum absolute atomic E-state index is 11.7. The Labute approximate surface area is 104 Å². The molecule has 0 atom stereocenters. The van der Waals surface area contributed by atoms with Gasteiger partial charge in [0.2, 0.25) is 0 Å². The molecule has 0 aliphatic rings. The molecule has 0 aliphatic heterocycles. The summed E-state index contributed by atoms with van der Waals surface area (Å²) < 4.78 is 5.11. The Bertz CT molecular complexity index is 514. The molecule has 0 fully saturated rings. The molecule has 2 aromatic rings. The molecule has 17 heavy (non-hydrogen) atoms. The summed E-state index contributed by atoms with van der Waals surface area (Å²) >= 11 is 5.79. The highest BCUT2D eigenvalue weighted by Crippen LogP contribution is 2.12. The molecule has 0 spiro atoms. The second-order valence-electron chi connectivity index (χ2n) is 3.41. The summed E-state index contributed by atoms with van der Waals surface area (Å²) in [5.74, 6) is -0.404. The Balaban J connectivity index is 1.98. The van der Waals surface area contributed by atoms with E-state index in [1.54, 1.807) is 36.5 Å². The number of aromatic nitrogens is 1. The first-order valence-electron chi connectivity index (χ1n) is 5.08. The first kappa shape index (κ1) is 11.6. The third-order valence-corrected chi connectivity index (χ3v) is 2.37. The Kier molecular flexibility index (Phi) is 3.73. The molecule has 0 saturated carbocycles. The fraction of sp³-hybridized carbons (Fsp3) is 0.0769. The fourth-order valence-electron chi connectivity index (χ4n) is 1.32. The molecule has 1 aromatic carbocycles. The predicted molar refractivity (Wildman–Crippen MR) is 64.8 cm³/mol. The zero-order valence-corrected chi connectivity index (χ0v) is 9.72. The Morgan fingerprint density at radius 3 is 2.82 bits per heavy atom. The molecule has 3 nitrogen and oxygen atoms in total. The zero-order valence-electron chi connectivity index (χ0n) is 8.97. The van der Waals surface area contributed by atoms with E-state index in [2.05, 4.69) is 4.98 Å². The number of benzene rings is 1. The summed E-state index contributed by atoms with van der Waals surface area (Å²) in [6.45, 7) is 0.159. The van der Waals surface area contributed by atoms with Crippen LogP contribution < -0.4 is 0 Å². The number of nitrogens with zero attached hydrogens (tertiary/aromatic N) is 1. The zero-order chi connectivity index (χ0) is 12.1. The number of carbonyl (C=O) groups is 1. The minimum atomic E-state index is -0.404. The molecule has 0 saturated heterocycles. The van der Waals surface area contributed by atoms with Crippen molar-refractivity contribution in [2.75, 3.05) is 0 Å². The molecule has 1 aromatic heterocycles. The smallest absolute Gasteiger partial charge is 0.338 e. The van der Waals surface area contributed by atoms with Gasteiger partial charge >= 0.3 is 5.97 Å². The quantitative estimate of drug-likeness (QED) is 0.783. The molecule has 0 amide bonds. The van der Waals surface area contributed by atoms with E-state index in [1.807, 2.05) is 12.1 Å². The van der Waals surface area contributed by atoms with E-state index in [9.17, 15) is 4.79 Å². The van der Waals surface area contributed by atoms with Crippen molar-refractivity contribution in [2.24, 2.45) is 0 Å². The summed E-state index contributed by atoms with van der Waals surface area (Å²) in [7, 11) is 0. The van der Waals surface area contributed by atoms with Gasteiger partial charge < -0.3 is 4.74 Å². The molecule has 1 heterocycles. The fourth-order valence-corrected chi connectivity index (χ4v) is 1.51. The number of ether oxygens (including phenoxy) is 1. The van der Waals surface area contributed by atoms with Gasteiger partial charge in [-0.25, -0.2) is 4.79 Å². The second kappa shape index (κ2) is 5.46. The van der Waals surface area contributed by atoms with Gasteiger partial charge in [0.15, 0.2) is 0 Å². The van der Waals surface area contributed by atoms with Gasteiger partial charge in [0.1, 0.15) is 6.61 Å². The van der Waals surface area contributed by atoms with E-state index in [0.717, 1.165) is 0 Å². The number of rotatable bonds is 3. The number of pyridine rings is 1. The second-order valence-corrected chi connectivity index (χ2v) is 3.84. The lowest BCUT2D eigenvalue weighted by atomic mass is 10.2. The van der Waals surface area contributed by atoms with Crippen LogP contribution in [0.4, 0.5) is 0 Å². The van der Waals surface area contributed by atoms with Gasteiger partial charge in [-0.2, -0.15) is 0 Å². The normalized spacial score (nSPS) is 9.94. The van der Waals surface area contributed by atoms with E-state index >= 15 is 0 Å². The number of esters is 1. The number of hydrogen-bond acceptors (Lipinski definition) is 3. The van der Waals surface area contributed by atoms with Crippen molar-refractivity contribution in [2.45, 2.75) is 6.61 Å². The third kappa shape index (κ3) is 3.29. The molecular formula is C13H10ClNO2. The van der Waals surface area contributed by atoms with Crippen molar-refractivity contribution in [3.8, 4) is 0 Å². The Morgan fingerprint density at radius 1 is 1.24 bits per heavy atom. The van der Waals surface area contributed by atoms with E-state index in [4.69, 9.17) is 16.3 Å². The lowest BCUT2D eigenvalue weighted by molar-refractivity contribution is 0.0468. The van der Waals surface area contributed by atoms with E-state index in [-0.39, 0.29) is 6.61 Å². The highest BCUT2D eigenvalue weighted by atomic mass is 35.5. The van der Waals surface area contributed by atoms with Crippen LogP contribution in [0, 0.1) is 0 Å². The standard InChI is InChI=1S/C13H10ClNO2/c14-11-5-3-4-10(8-11)13(16)17-9-12-6-1-2-7-15-12/h1-8H,9H2. The summed E-state index contributed by atoms with van der Waals surface area (Å²) in [5.41, 5.74) is 1.15. The molecule has 4 heteroatoms. The molecule has 0 radical (unpaired) electrons. The Hall–Kier alpha value is -1.87. The highest BCUT2D eigenvalue weighted by Gasteiger charge is 2.07. The van der Waals surface area contributed by atoms with Crippen LogP contribution in [0.5, 0.6) is 0 Å². The van der Waals surface area contributed by atoms with Crippen molar-refractivity contribution in [1.29, 1.82) is 0 Å². The van der Waals surface area contributed by atoms with Crippen LogP contribution in [-0.4, -0.2) is 11.0 Å². The summed E-state index contributed by atoms with van der Waals surface area (Å²) in [6.07, 6.45) is 1.66. The van der Waals surface area contributed by atoms with Crippen molar-refractivity contribution in [3.63, 3.8) is 0 Å². The van der Waals surface area contributed by atoms with Gasteiger partial charge in [-0.1, -0.05) is 23.7 Å². The topological polar surface area (TPSA) is 39.2 Å². The van der Waals surface area contributed by atoms with Crippen LogP contribution in [0.25, 0.3) is 0 Å². The first-order chi connectivity index (χ1) is 8.25. The number of halogens is 1. The van der Waals surface area contributed by atoms with Gasteiger partial charge in [-0.05, 0) is 30.3 Å². The molecule has 0 bridgehead atoms. The predicted octanol–water partition coefficient (Wildman–Crippen LogP) is 3.09. The average molecular weight is 248 g/mol. The molecule has 0 N–H and O–H groups in total. The van der Waals surface area contributed by atoms with Crippen LogP contribution in [0.1, 0.15) is 16.1 Å². The van der Waals surface area contributed by atoms with Gasteiger partial charge in [-0.15, -0.1) is 0 Å².